The van der Waals surface area contributed by atoms with Crippen molar-refractivity contribution in [1.82, 2.24) is 14.8 Å². The van der Waals surface area contributed by atoms with Crippen LogP contribution in [0.3, 0.4) is 0 Å². The van der Waals surface area contributed by atoms with Crippen LogP contribution in [0.4, 0.5) is 5.69 Å². The van der Waals surface area contributed by atoms with Crippen LogP contribution < -0.4 is 11.1 Å². The zero-order valence-electron chi connectivity index (χ0n) is 12.4. The van der Waals surface area contributed by atoms with Crippen LogP contribution in [0.2, 0.25) is 0 Å². The Kier molecular flexibility index (Phi) is 5.05. The monoisotopic (exact) mass is 287 g/mol. The van der Waals surface area contributed by atoms with Gasteiger partial charge in [-0.15, -0.1) is 10.2 Å². The lowest BCUT2D eigenvalue weighted by Gasteiger charge is -2.13. The molecule has 1 aromatic carbocycles. The van der Waals surface area contributed by atoms with Crippen molar-refractivity contribution in [2.24, 2.45) is 12.8 Å². The molecular weight excluding hydrogens is 266 g/mol. The second-order valence-electron chi connectivity index (χ2n) is 5.11. The van der Waals surface area contributed by atoms with Gasteiger partial charge in [0.05, 0.1) is 5.69 Å². The Balaban J connectivity index is 2.14. The highest BCUT2D eigenvalue weighted by atomic mass is 16.1. The number of aromatic nitrogens is 3. The maximum Gasteiger partial charge on any atom is 0.225 e. The van der Waals surface area contributed by atoms with Crippen LogP contribution >= 0.6 is 0 Å². The molecule has 112 valence electrons. The molecule has 1 amide bonds. The predicted molar refractivity (Wildman–Crippen MR) is 82.6 cm³/mol. The van der Waals surface area contributed by atoms with Crippen LogP contribution in [0.25, 0.3) is 11.4 Å². The van der Waals surface area contributed by atoms with Crippen molar-refractivity contribution in [2.75, 3.05) is 5.32 Å². The normalized spacial score (nSPS) is 12.1. The van der Waals surface area contributed by atoms with Gasteiger partial charge in [-0.05, 0) is 18.6 Å². The minimum Gasteiger partial charge on any atom is -0.327 e. The van der Waals surface area contributed by atoms with E-state index >= 15 is 0 Å². The van der Waals surface area contributed by atoms with Gasteiger partial charge in [0, 0.05) is 25.1 Å². The zero-order chi connectivity index (χ0) is 15.2. The quantitative estimate of drug-likeness (QED) is 0.850. The third-order valence-electron chi connectivity index (χ3n) is 3.26. The van der Waals surface area contributed by atoms with Crippen molar-refractivity contribution in [1.29, 1.82) is 0 Å². The molecule has 3 N–H and O–H groups in total. The molecule has 6 heteroatoms. The Labute approximate surface area is 124 Å². The number of nitrogens with two attached hydrogens (primary N) is 1. The molecule has 0 bridgehead atoms. The number of aryl methyl sites for hydroxylation is 1. The minimum absolute atomic E-state index is 0.0782. The largest absolute Gasteiger partial charge is 0.327 e. The summed E-state index contributed by atoms with van der Waals surface area (Å²) in [4.78, 5) is 12.1. The number of anilines is 1. The van der Waals surface area contributed by atoms with Gasteiger partial charge in [-0.25, -0.2) is 0 Å². The molecule has 0 aliphatic heterocycles. The smallest absolute Gasteiger partial charge is 0.225 e. The van der Waals surface area contributed by atoms with Gasteiger partial charge in [0.15, 0.2) is 5.82 Å². The summed E-state index contributed by atoms with van der Waals surface area (Å²) in [6.07, 6.45) is 3.77. The van der Waals surface area contributed by atoms with Crippen molar-refractivity contribution in [3.05, 3.63) is 30.6 Å². The molecule has 0 radical (unpaired) electrons. The predicted octanol–water partition coefficient (Wildman–Crippen LogP) is 1.94. The first-order valence-corrected chi connectivity index (χ1v) is 7.10. The molecule has 0 aliphatic carbocycles. The van der Waals surface area contributed by atoms with Gasteiger partial charge in [0.2, 0.25) is 5.91 Å². The van der Waals surface area contributed by atoms with E-state index in [2.05, 4.69) is 22.4 Å². The third kappa shape index (κ3) is 3.88. The van der Waals surface area contributed by atoms with Crippen molar-refractivity contribution < 1.29 is 4.79 Å². The molecule has 1 atom stereocenters. The van der Waals surface area contributed by atoms with E-state index in [1.165, 1.54) is 0 Å². The molecule has 1 unspecified atom stereocenters. The Morgan fingerprint density at radius 2 is 2.19 bits per heavy atom. The number of nitrogens with one attached hydrogen (secondary N) is 1. The number of nitrogens with zero attached hydrogens (tertiary/aromatic N) is 3. The molecule has 0 saturated heterocycles. The topological polar surface area (TPSA) is 85.8 Å². The van der Waals surface area contributed by atoms with Gasteiger partial charge in [-0.1, -0.05) is 25.5 Å². The third-order valence-corrected chi connectivity index (χ3v) is 3.26. The first kappa shape index (κ1) is 15.2. The maximum absolute atomic E-state index is 12.1. The van der Waals surface area contributed by atoms with E-state index in [-0.39, 0.29) is 11.9 Å². The van der Waals surface area contributed by atoms with Gasteiger partial charge in [-0.3, -0.25) is 4.79 Å². The van der Waals surface area contributed by atoms with Crippen LogP contribution in [-0.4, -0.2) is 26.7 Å². The molecule has 0 saturated carbocycles. The fourth-order valence-corrected chi connectivity index (χ4v) is 2.23. The highest BCUT2D eigenvalue weighted by Gasteiger charge is 2.13. The Morgan fingerprint density at radius 3 is 2.86 bits per heavy atom. The first-order chi connectivity index (χ1) is 10.1. The molecule has 2 rings (SSSR count). The first-order valence-electron chi connectivity index (χ1n) is 7.10. The second kappa shape index (κ2) is 6.99. The average Bonchev–Trinajstić information content (AvgIpc) is 2.85. The fraction of sp³-hybridized carbons (Fsp3) is 0.400. The highest BCUT2D eigenvalue weighted by Crippen LogP contribution is 2.25. The minimum atomic E-state index is -0.100. The van der Waals surface area contributed by atoms with Crippen molar-refractivity contribution in [2.45, 2.75) is 32.2 Å². The molecule has 0 fully saturated rings. The summed E-state index contributed by atoms with van der Waals surface area (Å²) < 4.78 is 1.81. The summed E-state index contributed by atoms with van der Waals surface area (Å²) in [5.74, 6) is 0.634. The lowest BCUT2D eigenvalue weighted by molar-refractivity contribution is -0.116. The van der Waals surface area contributed by atoms with Gasteiger partial charge in [0.1, 0.15) is 6.33 Å². The Hall–Kier alpha value is -2.21. The number of hydrogen-bond acceptors (Lipinski definition) is 4. The zero-order valence-corrected chi connectivity index (χ0v) is 12.4. The standard InChI is InChI=1S/C15H21N5O/c1-3-6-11(16)9-14(21)18-13-8-5-4-7-12(13)15-19-17-10-20(15)2/h4-5,7-8,10-11H,3,6,9,16H2,1-2H3,(H,18,21). The van der Waals surface area contributed by atoms with E-state index in [0.717, 1.165) is 24.1 Å². The SMILES string of the molecule is CCCC(N)CC(=O)Nc1ccccc1-c1nncn1C. The molecule has 2 aromatic rings. The summed E-state index contributed by atoms with van der Waals surface area (Å²) in [6, 6.07) is 7.44. The maximum atomic E-state index is 12.1. The average molecular weight is 287 g/mol. The second-order valence-corrected chi connectivity index (χ2v) is 5.11. The van der Waals surface area contributed by atoms with Gasteiger partial charge >= 0.3 is 0 Å². The molecule has 0 aliphatic rings. The summed E-state index contributed by atoms with van der Waals surface area (Å²) in [7, 11) is 1.87. The van der Waals surface area contributed by atoms with Crippen molar-refractivity contribution >= 4 is 11.6 Å². The van der Waals surface area contributed by atoms with E-state index in [0.29, 0.717) is 12.2 Å². The molecule has 6 nitrogen and oxygen atoms in total. The lowest BCUT2D eigenvalue weighted by Crippen LogP contribution is -2.27. The van der Waals surface area contributed by atoms with Crippen LogP contribution in [0.15, 0.2) is 30.6 Å². The molecule has 1 aromatic heterocycles. The van der Waals surface area contributed by atoms with Gasteiger partial charge < -0.3 is 15.6 Å². The molecular formula is C15H21N5O. The summed E-state index contributed by atoms with van der Waals surface area (Å²) >= 11 is 0. The summed E-state index contributed by atoms with van der Waals surface area (Å²) in [5.41, 5.74) is 7.48. The van der Waals surface area contributed by atoms with E-state index < -0.39 is 0 Å². The molecule has 0 spiro atoms. The fourth-order valence-electron chi connectivity index (χ4n) is 2.23. The number of hydrogen-bond donors (Lipinski definition) is 2. The van der Waals surface area contributed by atoms with Crippen molar-refractivity contribution in [3.8, 4) is 11.4 Å². The molecule has 1 heterocycles. The van der Waals surface area contributed by atoms with Crippen LogP contribution in [-0.2, 0) is 11.8 Å². The lowest BCUT2D eigenvalue weighted by atomic mass is 10.1. The molecule has 21 heavy (non-hydrogen) atoms. The van der Waals surface area contributed by atoms with E-state index in [9.17, 15) is 4.79 Å². The number of amides is 1. The van der Waals surface area contributed by atoms with Gasteiger partial charge in [-0.2, -0.15) is 0 Å². The number of benzene rings is 1. The Morgan fingerprint density at radius 1 is 1.43 bits per heavy atom. The van der Waals surface area contributed by atoms with Crippen LogP contribution in [0.1, 0.15) is 26.2 Å². The van der Waals surface area contributed by atoms with E-state index in [1.807, 2.05) is 35.9 Å². The Bertz CT molecular complexity index is 608. The summed E-state index contributed by atoms with van der Waals surface area (Å²) in [5, 5.41) is 10.9. The van der Waals surface area contributed by atoms with E-state index in [1.54, 1.807) is 6.33 Å². The number of carbonyl (C=O) groups is 1. The highest BCUT2D eigenvalue weighted by molar-refractivity contribution is 5.95. The van der Waals surface area contributed by atoms with Crippen molar-refractivity contribution in [3.63, 3.8) is 0 Å². The number of rotatable bonds is 6. The van der Waals surface area contributed by atoms with Crippen LogP contribution in [0.5, 0.6) is 0 Å². The number of carbonyl (C=O) groups excluding carboxylic acids is 1. The summed E-state index contributed by atoms with van der Waals surface area (Å²) in [6.45, 7) is 2.06. The van der Waals surface area contributed by atoms with Crippen LogP contribution in [0, 0.1) is 0 Å². The number of para-hydroxylation sites is 1. The van der Waals surface area contributed by atoms with Gasteiger partial charge in [0.25, 0.3) is 0 Å². The van der Waals surface area contributed by atoms with E-state index in [4.69, 9.17) is 5.73 Å².